The molecule has 0 spiro atoms. The van der Waals surface area contributed by atoms with E-state index >= 15 is 0 Å². The summed E-state index contributed by atoms with van der Waals surface area (Å²) in [6.45, 7) is 12.8. The highest BCUT2D eigenvalue weighted by atomic mass is 32.2. The fourth-order valence-electron chi connectivity index (χ4n) is 3.65. The highest BCUT2D eigenvalue weighted by molar-refractivity contribution is 7.91. The minimum atomic E-state index is -3.29. The summed E-state index contributed by atoms with van der Waals surface area (Å²) in [6.07, 6.45) is 1.46. The first-order chi connectivity index (χ1) is 14.3. The number of benzene rings is 1. The van der Waals surface area contributed by atoms with Crippen LogP contribution in [0.1, 0.15) is 64.7 Å². The van der Waals surface area contributed by atoms with E-state index in [-0.39, 0.29) is 34.6 Å². The Morgan fingerprint density at radius 2 is 1.81 bits per heavy atom. The first kappa shape index (κ1) is 25.2. The summed E-state index contributed by atoms with van der Waals surface area (Å²) in [6, 6.07) is 6.15. The third-order valence-electron chi connectivity index (χ3n) is 5.35. The number of amides is 2. The molecule has 1 aromatic rings. The van der Waals surface area contributed by atoms with Crippen LogP contribution >= 0.6 is 0 Å². The van der Waals surface area contributed by atoms with Gasteiger partial charge in [0.1, 0.15) is 5.60 Å². The maximum Gasteiger partial charge on any atom is 0.410 e. The number of ether oxygens (including phenoxy) is 1. The van der Waals surface area contributed by atoms with E-state index in [4.69, 9.17) is 4.74 Å². The van der Waals surface area contributed by atoms with Crippen LogP contribution in [0.4, 0.5) is 4.79 Å². The van der Waals surface area contributed by atoms with Gasteiger partial charge in [0.25, 0.3) is 5.91 Å². The molecule has 1 aliphatic rings. The van der Waals surface area contributed by atoms with Gasteiger partial charge in [0.2, 0.25) is 0 Å². The van der Waals surface area contributed by atoms with Crippen LogP contribution in [0.25, 0.3) is 0 Å². The Kier molecular flexibility index (Phi) is 8.14. The van der Waals surface area contributed by atoms with Crippen molar-refractivity contribution in [1.29, 1.82) is 0 Å². The lowest BCUT2D eigenvalue weighted by molar-refractivity contribution is 0.0124. The maximum absolute atomic E-state index is 13.0. The molecule has 0 saturated carbocycles. The molecular weight excluding hydrogens is 416 g/mol. The molecular formula is C23H36N2O5S. The van der Waals surface area contributed by atoms with Crippen molar-refractivity contribution in [3.63, 3.8) is 0 Å². The van der Waals surface area contributed by atoms with Crippen molar-refractivity contribution in [2.45, 2.75) is 70.9 Å². The summed E-state index contributed by atoms with van der Waals surface area (Å²) in [5.74, 6) is 0.0730. The third-order valence-corrected chi connectivity index (χ3v) is 7.10. The quantitative estimate of drug-likeness (QED) is 0.652. The van der Waals surface area contributed by atoms with Gasteiger partial charge in [-0.3, -0.25) is 4.79 Å². The molecule has 0 aromatic heterocycles. The van der Waals surface area contributed by atoms with Gasteiger partial charge in [-0.25, -0.2) is 13.2 Å². The zero-order valence-corrected chi connectivity index (χ0v) is 20.4. The maximum atomic E-state index is 13.0. The standard InChI is InChI=1S/C23H36N2O5S/c1-7-31(28,29)20-12-10-19(11-13-20)21(26)24-14-8-9-18(15-24)16-25(17(2)3)22(27)30-23(4,5)6/h10-13,17-18H,7-9,14-16H2,1-6H3. The van der Waals surface area contributed by atoms with Gasteiger partial charge in [-0.15, -0.1) is 0 Å². The summed E-state index contributed by atoms with van der Waals surface area (Å²) < 4.78 is 29.5. The lowest BCUT2D eigenvalue weighted by Crippen LogP contribution is -2.48. The van der Waals surface area contributed by atoms with Crippen molar-refractivity contribution in [3.05, 3.63) is 29.8 Å². The molecule has 0 aliphatic carbocycles. The van der Waals surface area contributed by atoms with E-state index in [1.54, 1.807) is 28.9 Å². The largest absolute Gasteiger partial charge is 0.444 e. The Hall–Kier alpha value is -2.09. The molecule has 1 heterocycles. The topological polar surface area (TPSA) is 84.0 Å². The summed E-state index contributed by atoms with van der Waals surface area (Å²) in [5.41, 5.74) is -0.0838. The van der Waals surface area contributed by atoms with Gasteiger partial charge in [-0.1, -0.05) is 6.92 Å². The number of hydrogen-bond donors (Lipinski definition) is 0. The summed E-state index contributed by atoms with van der Waals surface area (Å²) in [7, 11) is -3.29. The van der Waals surface area contributed by atoms with Crippen molar-refractivity contribution in [2.75, 3.05) is 25.4 Å². The number of carbonyl (C=O) groups excluding carboxylic acids is 2. The molecule has 1 atom stereocenters. The van der Waals surface area contributed by atoms with Crippen LogP contribution in [0.15, 0.2) is 29.2 Å². The number of piperidine rings is 1. The molecule has 0 bridgehead atoms. The molecule has 1 fully saturated rings. The minimum absolute atomic E-state index is 0.00557. The van der Waals surface area contributed by atoms with Gasteiger partial charge < -0.3 is 14.5 Å². The first-order valence-electron chi connectivity index (χ1n) is 11.0. The van der Waals surface area contributed by atoms with Gasteiger partial charge in [0, 0.05) is 31.2 Å². The monoisotopic (exact) mass is 452 g/mol. The van der Waals surface area contributed by atoms with Crippen LogP contribution in [0.3, 0.4) is 0 Å². The van der Waals surface area contributed by atoms with Crippen molar-refractivity contribution in [1.82, 2.24) is 9.80 Å². The lowest BCUT2D eigenvalue weighted by atomic mass is 9.96. The molecule has 0 radical (unpaired) electrons. The van der Waals surface area contributed by atoms with E-state index in [2.05, 4.69) is 0 Å². The SMILES string of the molecule is CCS(=O)(=O)c1ccc(C(=O)N2CCCC(CN(C(=O)OC(C)(C)C)C(C)C)C2)cc1. The smallest absolute Gasteiger partial charge is 0.410 e. The predicted octanol–water partition coefficient (Wildman–Crippen LogP) is 3.98. The van der Waals surface area contributed by atoms with Gasteiger partial charge in [0.05, 0.1) is 10.6 Å². The van der Waals surface area contributed by atoms with Crippen molar-refractivity contribution >= 4 is 21.8 Å². The van der Waals surface area contributed by atoms with Gasteiger partial charge in [0.15, 0.2) is 9.84 Å². The molecule has 7 nitrogen and oxygen atoms in total. The molecule has 2 rings (SSSR count). The molecule has 1 aliphatic heterocycles. The second-order valence-electron chi connectivity index (χ2n) is 9.41. The van der Waals surface area contributed by atoms with Crippen LogP contribution < -0.4 is 0 Å². The van der Waals surface area contributed by atoms with E-state index < -0.39 is 15.4 Å². The fourth-order valence-corrected chi connectivity index (χ4v) is 4.53. The highest BCUT2D eigenvalue weighted by Crippen LogP contribution is 2.22. The van der Waals surface area contributed by atoms with E-state index in [0.29, 0.717) is 25.2 Å². The fraction of sp³-hybridized carbons (Fsp3) is 0.652. The second kappa shape index (κ2) is 10.0. The Bertz CT molecular complexity index is 872. The molecule has 8 heteroatoms. The number of hydrogen-bond acceptors (Lipinski definition) is 5. The normalized spacial score (nSPS) is 17.5. The van der Waals surface area contributed by atoms with Crippen molar-refractivity contribution in [2.24, 2.45) is 5.92 Å². The zero-order chi connectivity index (χ0) is 23.4. The molecule has 1 saturated heterocycles. The Balaban J connectivity index is 2.07. The molecule has 174 valence electrons. The van der Waals surface area contributed by atoms with E-state index in [1.165, 1.54) is 12.1 Å². The van der Waals surface area contributed by atoms with Crippen LogP contribution in [0, 0.1) is 5.92 Å². The van der Waals surface area contributed by atoms with Crippen LogP contribution in [-0.2, 0) is 14.6 Å². The van der Waals surface area contributed by atoms with Gasteiger partial charge >= 0.3 is 6.09 Å². The summed E-state index contributed by atoms with van der Waals surface area (Å²) in [5, 5.41) is 0. The second-order valence-corrected chi connectivity index (χ2v) is 11.7. The summed E-state index contributed by atoms with van der Waals surface area (Å²) in [4.78, 5) is 29.4. The van der Waals surface area contributed by atoms with E-state index in [1.807, 2.05) is 34.6 Å². The number of rotatable bonds is 6. The van der Waals surface area contributed by atoms with Crippen LogP contribution in [-0.4, -0.2) is 67.2 Å². The number of likely N-dealkylation sites (tertiary alicyclic amines) is 1. The molecule has 31 heavy (non-hydrogen) atoms. The Morgan fingerprint density at radius 3 is 2.32 bits per heavy atom. The minimum Gasteiger partial charge on any atom is -0.444 e. The van der Waals surface area contributed by atoms with Crippen LogP contribution in [0.5, 0.6) is 0 Å². The third kappa shape index (κ3) is 6.95. The van der Waals surface area contributed by atoms with E-state index in [9.17, 15) is 18.0 Å². The Morgan fingerprint density at radius 1 is 1.19 bits per heavy atom. The molecule has 2 amide bonds. The molecule has 0 N–H and O–H groups in total. The number of nitrogens with zero attached hydrogens (tertiary/aromatic N) is 2. The average molecular weight is 453 g/mol. The average Bonchev–Trinajstić information content (AvgIpc) is 2.70. The predicted molar refractivity (Wildman–Crippen MR) is 121 cm³/mol. The Labute approximate surface area is 186 Å². The van der Waals surface area contributed by atoms with E-state index in [0.717, 1.165) is 12.8 Å². The first-order valence-corrected chi connectivity index (χ1v) is 12.6. The number of carbonyl (C=O) groups is 2. The van der Waals surface area contributed by atoms with Crippen LogP contribution in [0.2, 0.25) is 0 Å². The summed E-state index contributed by atoms with van der Waals surface area (Å²) >= 11 is 0. The molecule has 1 unspecified atom stereocenters. The van der Waals surface area contributed by atoms with Gasteiger partial charge in [-0.2, -0.15) is 0 Å². The highest BCUT2D eigenvalue weighted by Gasteiger charge is 2.30. The van der Waals surface area contributed by atoms with Gasteiger partial charge in [-0.05, 0) is 77.6 Å². The van der Waals surface area contributed by atoms with Crippen molar-refractivity contribution in [3.8, 4) is 0 Å². The lowest BCUT2D eigenvalue weighted by Gasteiger charge is -2.37. The van der Waals surface area contributed by atoms with Crippen molar-refractivity contribution < 1.29 is 22.7 Å². The number of sulfone groups is 1. The molecule has 1 aromatic carbocycles. The zero-order valence-electron chi connectivity index (χ0n) is 19.6.